The highest BCUT2D eigenvalue weighted by Gasteiger charge is 2.25. The van der Waals surface area contributed by atoms with Gasteiger partial charge in [-0.15, -0.1) is 0 Å². The second-order valence-corrected chi connectivity index (χ2v) is 5.39. The largest absolute Gasteiger partial charge is 0.347 e. The number of nitrogens with one attached hydrogen (secondary N) is 2. The van der Waals surface area contributed by atoms with Crippen LogP contribution in [0.3, 0.4) is 0 Å². The molecule has 108 valence electrons. The van der Waals surface area contributed by atoms with Crippen molar-refractivity contribution in [1.82, 2.24) is 15.6 Å². The molecule has 0 bridgehead atoms. The van der Waals surface area contributed by atoms with Gasteiger partial charge in [-0.05, 0) is 36.6 Å². The lowest BCUT2D eigenvalue weighted by Crippen LogP contribution is -2.48. The molecule has 1 aromatic heterocycles. The van der Waals surface area contributed by atoms with Crippen LogP contribution in [0.15, 0.2) is 48.7 Å². The first-order chi connectivity index (χ1) is 10.2. The first-order valence-corrected chi connectivity index (χ1v) is 7.25. The highest BCUT2D eigenvalue weighted by Crippen LogP contribution is 2.17. The number of aromatic nitrogens is 1. The van der Waals surface area contributed by atoms with E-state index >= 15 is 0 Å². The van der Waals surface area contributed by atoms with Crippen molar-refractivity contribution in [3.63, 3.8) is 0 Å². The maximum Gasteiger partial charge on any atom is 0.238 e. The molecule has 2 aromatic rings. The molecule has 1 unspecified atom stereocenters. The third-order valence-corrected chi connectivity index (χ3v) is 3.89. The molecule has 0 radical (unpaired) electrons. The fraction of sp³-hybridized carbons (Fsp3) is 0.294. The molecule has 3 rings (SSSR count). The first-order valence-electron chi connectivity index (χ1n) is 7.25. The van der Waals surface area contributed by atoms with Gasteiger partial charge in [-0.25, -0.2) is 0 Å². The van der Waals surface area contributed by atoms with E-state index in [0.717, 1.165) is 18.7 Å². The topological polar surface area (TPSA) is 54.0 Å². The molecule has 21 heavy (non-hydrogen) atoms. The lowest BCUT2D eigenvalue weighted by Gasteiger charge is -2.26. The summed E-state index contributed by atoms with van der Waals surface area (Å²) in [5, 5.41) is 6.33. The summed E-state index contributed by atoms with van der Waals surface area (Å²) in [5.74, 6) is 0.0302. The van der Waals surface area contributed by atoms with Crippen LogP contribution in [0.4, 0.5) is 0 Å². The van der Waals surface area contributed by atoms with E-state index in [0.29, 0.717) is 0 Å². The molecule has 0 saturated carbocycles. The lowest BCUT2D eigenvalue weighted by molar-refractivity contribution is -0.124. The zero-order valence-corrected chi connectivity index (χ0v) is 12.0. The number of nitrogens with zero attached hydrogens (tertiary/aromatic N) is 1. The molecule has 0 fully saturated rings. The van der Waals surface area contributed by atoms with E-state index in [1.807, 2.05) is 37.3 Å². The van der Waals surface area contributed by atoms with Gasteiger partial charge in [0.1, 0.15) is 0 Å². The smallest absolute Gasteiger partial charge is 0.238 e. The lowest BCUT2D eigenvalue weighted by atomic mass is 9.95. The molecule has 1 aromatic carbocycles. The van der Waals surface area contributed by atoms with Crippen molar-refractivity contribution >= 4 is 5.91 Å². The van der Waals surface area contributed by atoms with Crippen LogP contribution in [0.5, 0.6) is 0 Å². The molecule has 0 saturated heterocycles. The number of amides is 1. The monoisotopic (exact) mass is 281 g/mol. The highest BCUT2D eigenvalue weighted by molar-refractivity contribution is 5.82. The van der Waals surface area contributed by atoms with Crippen LogP contribution in [-0.2, 0) is 17.8 Å². The van der Waals surface area contributed by atoms with E-state index in [9.17, 15) is 4.79 Å². The van der Waals surface area contributed by atoms with Crippen LogP contribution < -0.4 is 10.6 Å². The Morgan fingerprint density at radius 1 is 1.24 bits per heavy atom. The highest BCUT2D eigenvalue weighted by atomic mass is 16.2. The van der Waals surface area contributed by atoms with E-state index in [-0.39, 0.29) is 18.0 Å². The van der Waals surface area contributed by atoms with E-state index in [1.165, 1.54) is 11.1 Å². The summed E-state index contributed by atoms with van der Waals surface area (Å²) in [6.07, 6.45) is 2.48. The Labute approximate surface area is 124 Å². The Morgan fingerprint density at radius 3 is 2.76 bits per heavy atom. The molecule has 4 heteroatoms. The van der Waals surface area contributed by atoms with Crippen LogP contribution in [0.25, 0.3) is 0 Å². The number of rotatable bonds is 3. The average Bonchev–Trinajstić information content (AvgIpc) is 2.55. The number of pyridine rings is 1. The number of hydrogen-bond acceptors (Lipinski definition) is 3. The number of fused-ring (bicyclic) bond motifs is 1. The van der Waals surface area contributed by atoms with E-state index in [4.69, 9.17) is 0 Å². The van der Waals surface area contributed by atoms with Crippen LogP contribution in [0.1, 0.15) is 29.8 Å². The predicted octanol–water partition coefficient (Wildman–Crippen LogP) is 1.97. The van der Waals surface area contributed by atoms with Crippen molar-refractivity contribution < 1.29 is 4.79 Å². The van der Waals surface area contributed by atoms with Crippen LogP contribution in [-0.4, -0.2) is 16.9 Å². The van der Waals surface area contributed by atoms with Gasteiger partial charge in [-0.2, -0.15) is 0 Å². The molecule has 0 spiro atoms. The number of benzene rings is 1. The molecule has 2 N–H and O–H groups in total. The summed E-state index contributed by atoms with van der Waals surface area (Å²) in [5.41, 5.74) is 3.41. The van der Waals surface area contributed by atoms with Crippen molar-refractivity contribution in [2.75, 3.05) is 0 Å². The SMILES string of the molecule is CC(NC(=O)[C@H]1Cc2ccccc2CN1)c1ccccn1. The number of carbonyl (C=O) groups excluding carboxylic acids is 1. The Morgan fingerprint density at radius 2 is 2.00 bits per heavy atom. The van der Waals surface area contributed by atoms with Gasteiger partial charge in [-0.3, -0.25) is 9.78 Å². The van der Waals surface area contributed by atoms with E-state index in [2.05, 4.69) is 27.8 Å². The van der Waals surface area contributed by atoms with E-state index < -0.39 is 0 Å². The predicted molar refractivity (Wildman–Crippen MR) is 81.6 cm³/mol. The second-order valence-electron chi connectivity index (χ2n) is 5.39. The minimum Gasteiger partial charge on any atom is -0.347 e. The summed E-state index contributed by atoms with van der Waals surface area (Å²) in [7, 11) is 0. The number of hydrogen-bond donors (Lipinski definition) is 2. The Kier molecular flexibility index (Phi) is 3.97. The van der Waals surface area contributed by atoms with Gasteiger partial charge in [0.15, 0.2) is 0 Å². The van der Waals surface area contributed by atoms with Crippen molar-refractivity contribution in [3.05, 3.63) is 65.5 Å². The van der Waals surface area contributed by atoms with Gasteiger partial charge < -0.3 is 10.6 Å². The third-order valence-electron chi connectivity index (χ3n) is 3.89. The quantitative estimate of drug-likeness (QED) is 0.904. The molecule has 0 aliphatic carbocycles. The summed E-state index contributed by atoms with van der Waals surface area (Å²) >= 11 is 0. The summed E-state index contributed by atoms with van der Waals surface area (Å²) in [6, 6.07) is 13.7. The number of carbonyl (C=O) groups is 1. The van der Waals surface area contributed by atoms with Gasteiger partial charge in [0.2, 0.25) is 5.91 Å². The molecule has 4 nitrogen and oxygen atoms in total. The third kappa shape index (κ3) is 3.11. The van der Waals surface area contributed by atoms with E-state index in [1.54, 1.807) is 6.20 Å². The molecule has 1 amide bonds. The Bertz CT molecular complexity index is 627. The molecule has 2 atom stereocenters. The zero-order valence-electron chi connectivity index (χ0n) is 12.0. The van der Waals surface area contributed by atoms with Gasteiger partial charge in [-0.1, -0.05) is 30.3 Å². The molecule has 1 aliphatic heterocycles. The van der Waals surface area contributed by atoms with Crippen molar-refractivity contribution in [1.29, 1.82) is 0 Å². The molecule has 1 aliphatic rings. The van der Waals surface area contributed by atoms with Crippen molar-refractivity contribution in [2.24, 2.45) is 0 Å². The Balaban J connectivity index is 1.65. The molecular weight excluding hydrogens is 262 g/mol. The minimum atomic E-state index is -0.175. The summed E-state index contributed by atoms with van der Waals surface area (Å²) in [6.45, 7) is 2.70. The van der Waals surface area contributed by atoms with Crippen LogP contribution >= 0.6 is 0 Å². The normalized spacial score (nSPS) is 18.6. The first kappa shape index (κ1) is 13.8. The maximum atomic E-state index is 12.4. The van der Waals surface area contributed by atoms with Gasteiger partial charge in [0.25, 0.3) is 0 Å². The van der Waals surface area contributed by atoms with Gasteiger partial charge in [0, 0.05) is 12.7 Å². The Hall–Kier alpha value is -2.20. The molecular formula is C17H19N3O. The minimum absolute atomic E-state index is 0.0302. The summed E-state index contributed by atoms with van der Waals surface area (Å²) in [4.78, 5) is 16.7. The van der Waals surface area contributed by atoms with Crippen molar-refractivity contribution in [3.8, 4) is 0 Å². The molecule has 2 heterocycles. The van der Waals surface area contributed by atoms with Gasteiger partial charge >= 0.3 is 0 Å². The fourth-order valence-corrected chi connectivity index (χ4v) is 2.66. The van der Waals surface area contributed by atoms with Crippen LogP contribution in [0, 0.1) is 0 Å². The zero-order chi connectivity index (χ0) is 14.7. The second kappa shape index (κ2) is 6.06. The van der Waals surface area contributed by atoms with Gasteiger partial charge in [0.05, 0.1) is 17.8 Å². The standard InChI is InChI=1S/C17H19N3O/c1-12(15-8-4-5-9-18-15)20-17(21)16-10-13-6-2-3-7-14(13)11-19-16/h2-9,12,16,19H,10-11H2,1H3,(H,20,21)/t12?,16-/m1/s1. The maximum absolute atomic E-state index is 12.4. The average molecular weight is 281 g/mol. The summed E-state index contributed by atoms with van der Waals surface area (Å²) < 4.78 is 0. The van der Waals surface area contributed by atoms with Crippen molar-refractivity contribution in [2.45, 2.75) is 32.0 Å². The van der Waals surface area contributed by atoms with Crippen LogP contribution in [0.2, 0.25) is 0 Å². The fourth-order valence-electron chi connectivity index (χ4n) is 2.66.